The molecule has 1 saturated heterocycles. The lowest BCUT2D eigenvalue weighted by molar-refractivity contribution is 0.0225. The van der Waals surface area contributed by atoms with Crippen LogP contribution in [0.25, 0.3) is 21.9 Å². The van der Waals surface area contributed by atoms with E-state index < -0.39 is 28.9 Å². The Bertz CT molecular complexity index is 1770. The summed E-state index contributed by atoms with van der Waals surface area (Å²) in [5.74, 6) is 4.38. The largest absolute Gasteiger partial charge is 0.444 e. The van der Waals surface area contributed by atoms with Crippen molar-refractivity contribution in [2.24, 2.45) is 7.05 Å². The van der Waals surface area contributed by atoms with Crippen LogP contribution in [0.5, 0.6) is 0 Å². The molecule has 1 aromatic carbocycles. The van der Waals surface area contributed by atoms with Gasteiger partial charge in [0.1, 0.15) is 34.3 Å². The normalized spacial score (nSPS) is 17.2. The van der Waals surface area contributed by atoms with Gasteiger partial charge in [-0.3, -0.25) is 4.68 Å². The number of aryl methyl sites for hydroxylation is 2. The number of hydrogen-bond donors (Lipinski definition) is 1. The van der Waals surface area contributed by atoms with Crippen LogP contribution >= 0.6 is 0 Å². The molecule has 4 aromatic rings. The maximum absolute atomic E-state index is 15.3. The number of anilines is 1. The van der Waals surface area contributed by atoms with E-state index in [9.17, 15) is 14.4 Å². The van der Waals surface area contributed by atoms with E-state index in [1.807, 2.05) is 0 Å². The summed E-state index contributed by atoms with van der Waals surface area (Å²) in [4.78, 5) is 22.8. The molecule has 0 spiro atoms. The molecule has 1 fully saturated rings. The van der Waals surface area contributed by atoms with Gasteiger partial charge in [0.15, 0.2) is 5.82 Å². The minimum Gasteiger partial charge on any atom is -0.444 e. The highest BCUT2D eigenvalue weighted by molar-refractivity contribution is 5.93. The van der Waals surface area contributed by atoms with E-state index >= 15 is 4.39 Å². The highest BCUT2D eigenvalue weighted by Gasteiger charge is 2.39. The number of imidazole rings is 1. The number of fused-ring (bicyclic) bond motifs is 2. The molecule has 4 heterocycles. The minimum atomic E-state index is -0.857. The third kappa shape index (κ3) is 4.66. The molecule has 5 rings (SSSR count). The first-order valence-electron chi connectivity index (χ1n) is 12.7. The number of pyridine rings is 1. The second-order valence-corrected chi connectivity index (χ2v) is 10.8. The van der Waals surface area contributed by atoms with Gasteiger partial charge in [0.2, 0.25) is 0 Å². The molecule has 0 bridgehead atoms. The Labute approximate surface area is 229 Å². The standard InChI is InChI=1S/C28H28F2N8O2/c1-15-34-25-22(36(15)5)13-19(29)18(24(25)30)6-7-20-23-21(9-11-33-26(23)32)38(35-20)17-12-16(8-10-31)37(14-17)27(39)40-28(2,3)4/h9,11,13,16-17H,8,12,14H2,1-5H3,(H2,32,33)/t16-,17-/m0/s1. The first kappa shape index (κ1) is 26.9. The molecule has 206 valence electrons. The Morgan fingerprint density at radius 1 is 1.27 bits per heavy atom. The fraction of sp³-hybridized carbons (Fsp3) is 0.393. The Balaban J connectivity index is 1.56. The fourth-order valence-electron chi connectivity index (χ4n) is 5.00. The van der Waals surface area contributed by atoms with E-state index in [1.54, 1.807) is 50.1 Å². The van der Waals surface area contributed by atoms with Crippen LogP contribution in [-0.4, -0.2) is 53.5 Å². The van der Waals surface area contributed by atoms with E-state index in [0.29, 0.717) is 28.7 Å². The quantitative estimate of drug-likeness (QED) is 0.370. The van der Waals surface area contributed by atoms with Crippen molar-refractivity contribution in [3.8, 4) is 17.9 Å². The predicted octanol–water partition coefficient (Wildman–Crippen LogP) is 4.35. The number of carbonyl (C=O) groups is 1. The minimum absolute atomic E-state index is 0.0268. The van der Waals surface area contributed by atoms with Crippen molar-refractivity contribution in [3.05, 3.63) is 47.0 Å². The molecule has 0 radical (unpaired) electrons. The lowest BCUT2D eigenvalue weighted by atomic mass is 10.1. The lowest BCUT2D eigenvalue weighted by Crippen LogP contribution is -2.40. The number of hydrogen-bond acceptors (Lipinski definition) is 7. The SMILES string of the molecule is Cc1nc2c(F)c(C#Cc3nn([C@H]4C[C@H](CC#N)N(C(=O)OC(C)(C)C)C4)c4ccnc(N)c34)c(F)cc2n1C. The van der Waals surface area contributed by atoms with Crippen LogP contribution in [0.4, 0.5) is 19.4 Å². The van der Waals surface area contributed by atoms with Gasteiger partial charge in [-0.15, -0.1) is 0 Å². The molecule has 2 atom stereocenters. The average molecular weight is 547 g/mol. The van der Waals surface area contributed by atoms with Crippen LogP contribution in [-0.2, 0) is 11.8 Å². The zero-order valence-corrected chi connectivity index (χ0v) is 22.8. The van der Waals surface area contributed by atoms with Crippen LogP contribution in [0.15, 0.2) is 18.3 Å². The van der Waals surface area contributed by atoms with Crippen LogP contribution in [0, 0.1) is 41.7 Å². The van der Waals surface area contributed by atoms with Gasteiger partial charge in [0.25, 0.3) is 0 Å². The van der Waals surface area contributed by atoms with Crippen LogP contribution in [0.1, 0.15) is 56.7 Å². The van der Waals surface area contributed by atoms with E-state index in [-0.39, 0.29) is 42.1 Å². The number of aromatic nitrogens is 5. The zero-order valence-electron chi connectivity index (χ0n) is 22.8. The molecule has 1 aliphatic heterocycles. The first-order valence-corrected chi connectivity index (χ1v) is 12.7. The molecule has 0 saturated carbocycles. The second-order valence-electron chi connectivity index (χ2n) is 10.8. The summed E-state index contributed by atoms with van der Waals surface area (Å²) in [6.45, 7) is 7.27. The third-order valence-corrected chi connectivity index (χ3v) is 6.94. The van der Waals surface area contributed by atoms with Crippen molar-refractivity contribution in [1.82, 2.24) is 29.2 Å². The second kappa shape index (κ2) is 9.79. The number of carbonyl (C=O) groups excluding carboxylic acids is 1. The number of likely N-dealkylation sites (tertiary alicyclic amines) is 1. The maximum Gasteiger partial charge on any atom is 0.410 e. The number of halogens is 2. The van der Waals surface area contributed by atoms with Crippen molar-refractivity contribution in [1.29, 1.82) is 5.26 Å². The van der Waals surface area contributed by atoms with Crippen LogP contribution in [0.2, 0.25) is 0 Å². The van der Waals surface area contributed by atoms with Gasteiger partial charge in [0, 0.05) is 25.9 Å². The summed E-state index contributed by atoms with van der Waals surface area (Å²) in [7, 11) is 1.68. The topological polar surface area (TPSA) is 128 Å². The molecular formula is C28H28F2N8O2. The molecular weight excluding hydrogens is 518 g/mol. The number of nitrogens with zero attached hydrogens (tertiary/aromatic N) is 7. The van der Waals surface area contributed by atoms with Crippen molar-refractivity contribution in [2.75, 3.05) is 12.3 Å². The Morgan fingerprint density at radius 3 is 2.73 bits per heavy atom. The molecule has 0 aliphatic carbocycles. The molecule has 40 heavy (non-hydrogen) atoms. The molecule has 2 N–H and O–H groups in total. The van der Waals surface area contributed by atoms with Gasteiger partial charge in [-0.25, -0.2) is 23.5 Å². The predicted molar refractivity (Wildman–Crippen MR) is 144 cm³/mol. The molecule has 0 unspecified atom stereocenters. The Kier molecular flexibility index (Phi) is 6.58. The maximum atomic E-state index is 15.3. The highest BCUT2D eigenvalue weighted by Crippen LogP contribution is 2.34. The molecule has 10 nitrogen and oxygen atoms in total. The summed E-state index contributed by atoms with van der Waals surface area (Å²) in [6, 6.07) is 4.35. The van der Waals surface area contributed by atoms with Gasteiger partial charge < -0.3 is 19.9 Å². The van der Waals surface area contributed by atoms with Crippen molar-refractivity contribution < 1.29 is 18.3 Å². The highest BCUT2D eigenvalue weighted by atomic mass is 19.1. The number of ether oxygens (including phenoxy) is 1. The van der Waals surface area contributed by atoms with Gasteiger partial charge in [0.05, 0.1) is 46.6 Å². The van der Waals surface area contributed by atoms with Gasteiger partial charge in [-0.2, -0.15) is 10.4 Å². The van der Waals surface area contributed by atoms with Gasteiger partial charge >= 0.3 is 6.09 Å². The molecule has 12 heteroatoms. The Morgan fingerprint density at radius 2 is 2.02 bits per heavy atom. The average Bonchev–Trinajstić information content (AvgIpc) is 3.54. The fourth-order valence-corrected chi connectivity index (χ4v) is 5.00. The summed E-state index contributed by atoms with van der Waals surface area (Å²) in [6.07, 6.45) is 1.58. The van der Waals surface area contributed by atoms with Crippen molar-refractivity contribution >= 4 is 33.8 Å². The Hall–Kier alpha value is -4.71. The monoisotopic (exact) mass is 546 g/mol. The number of nitrogens with two attached hydrogens (primary N) is 1. The van der Waals surface area contributed by atoms with Crippen LogP contribution in [0.3, 0.4) is 0 Å². The molecule has 1 amide bonds. The van der Waals surface area contributed by atoms with E-state index in [0.717, 1.165) is 0 Å². The van der Waals surface area contributed by atoms with Crippen LogP contribution < -0.4 is 5.73 Å². The molecule has 3 aromatic heterocycles. The summed E-state index contributed by atoms with van der Waals surface area (Å²) in [5.41, 5.74) is 6.19. The van der Waals surface area contributed by atoms with Crippen molar-refractivity contribution in [2.45, 2.75) is 58.2 Å². The number of nitriles is 1. The number of nitrogen functional groups attached to an aromatic ring is 1. The van der Waals surface area contributed by atoms with E-state index in [1.165, 1.54) is 17.2 Å². The van der Waals surface area contributed by atoms with Gasteiger partial charge in [-0.05, 0) is 46.1 Å². The number of amides is 1. The summed E-state index contributed by atoms with van der Waals surface area (Å²) in [5, 5.41) is 14.4. The van der Waals surface area contributed by atoms with Gasteiger partial charge in [-0.1, -0.05) is 5.92 Å². The van der Waals surface area contributed by atoms with Crippen molar-refractivity contribution in [3.63, 3.8) is 0 Å². The third-order valence-electron chi connectivity index (χ3n) is 6.94. The molecule has 1 aliphatic rings. The lowest BCUT2D eigenvalue weighted by Gasteiger charge is -2.27. The summed E-state index contributed by atoms with van der Waals surface area (Å²) >= 11 is 0. The number of benzene rings is 1. The van der Waals surface area contributed by atoms with E-state index in [2.05, 4.69) is 33.0 Å². The summed E-state index contributed by atoms with van der Waals surface area (Å²) < 4.78 is 39.1. The number of rotatable bonds is 2. The van der Waals surface area contributed by atoms with E-state index in [4.69, 9.17) is 10.5 Å². The zero-order chi connectivity index (χ0) is 28.9. The first-order chi connectivity index (χ1) is 18.9. The smallest absolute Gasteiger partial charge is 0.410 e.